The quantitative estimate of drug-likeness (QED) is 0.433. The fourth-order valence-electron chi connectivity index (χ4n) is 4.39. The topological polar surface area (TPSA) is 111 Å². The van der Waals surface area contributed by atoms with Crippen molar-refractivity contribution < 1.29 is 8.91 Å². The molecular weight excluding hydrogens is 461 g/mol. The van der Waals surface area contributed by atoms with Crippen LogP contribution in [0.4, 0.5) is 27.8 Å². The molecular formula is C25H30FN9O. The van der Waals surface area contributed by atoms with Gasteiger partial charge in [0, 0.05) is 62.4 Å². The number of aromatic nitrogens is 5. The molecule has 6 rings (SSSR count). The van der Waals surface area contributed by atoms with E-state index < -0.39 is 6.17 Å². The fourth-order valence-corrected chi connectivity index (χ4v) is 4.39. The van der Waals surface area contributed by atoms with Crippen LogP contribution < -0.4 is 15.5 Å². The minimum atomic E-state index is -0.934. The third kappa shape index (κ3) is 5.25. The average Bonchev–Trinajstić information content (AvgIpc) is 3.45. The zero-order valence-electron chi connectivity index (χ0n) is 20.2. The minimum absolute atomic E-state index is 0.354. The van der Waals surface area contributed by atoms with Crippen LogP contribution in [0.1, 0.15) is 42.3 Å². The summed E-state index contributed by atoms with van der Waals surface area (Å²) in [4.78, 5) is 14.0. The molecule has 3 aromatic rings. The summed E-state index contributed by atoms with van der Waals surface area (Å²) >= 11 is 0. The van der Waals surface area contributed by atoms with Gasteiger partial charge in [-0.1, -0.05) is 17.3 Å². The van der Waals surface area contributed by atoms with Gasteiger partial charge in [-0.15, -0.1) is 0 Å². The first-order valence-electron chi connectivity index (χ1n) is 12.5. The van der Waals surface area contributed by atoms with Gasteiger partial charge in [-0.05, 0) is 31.5 Å². The van der Waals surface area contributed by atoms with Crippen LogP contribution in [0.2, 0.25) is 0 Å². The predicted octanol–water partition coefficient (Wildman–Crippen LogP) is 3.85. The van der Waals surface area contributed by atoms with Crippen LogP contribution in [0.15, 0.2) is 41.0 Å². The molecule has 3 aromatic heterocycles. The van der Waals surface area contributed by atoms with Crippen molar-refractivity contribution in [3.8, 4) is 0 Å². The Morgan fingerprint density at radius 1 is 1.11 bits per heavy atom. The molecule has 1 atom stereocenters. The van der Waals surface area contributed by atoms with Crippen LogP contribution >= 0.6 is 0 Å². The number of piperazine rings is 1. The highest BCUT2D eigenvalue weighted by molar-refractivity contribution is 5.72. The predicted molar refractivity (Wildman–Crippen MR) is 136 cm³/mol. The molecule has 3 aliphatic rings. The lowest BCUT2D eigenvalue weighted by molar-refractivity contribution is 0.312. The van der Waals surface area contributed by atoms with Crippen molar-refractivity contribution in [3.05, 3.63) is 53.6 Å². The van der Waals surface area contributed by atoms with Crippen LogP contribution in [-0.4, -0.2) is 69.6 Å². The van der Waals surface area contributed by atoms with Gasteiger partial charge in [-0.2, -0.15) is 15.1 Å². The van der Waals surface area contributed by atoms with Crippen molar-refractivity contribution in [2.24, 2.45) is 0 Å². The Balaban J connectivity index is 1.19. The Morgan fingerprint density at radius 2 is 1.97 bits per heavy atom. The first kappa shape index (κ1) is 22.7. The van der Waals surface area contributed by atoms with Crippen LogP contribution in [-0.2, 0) is 6.54 Å². The van der Waals surface area contributed by atoms with Gasteiger partial charge in [-0.3, -0.25) is 5.10 Å². The number of anilines is 4. The Morgan fingerprint density at radius 3 is 2.75 bits per heavy atom. The van der Waals surface area contributed by atoms with Gasteiger partial charge in [0.1, 0.15) is 23.5 Å². The summed E-state index contributed by atoms with van der Waals surface area (Å²) < 4.78 is 18.9. The number of allylic oxidation sites excluding steroid dienone is 4. The number of hydrogen-bond acceptors (Lipinski definition) is 9. The number of aromatic amines is 1. The van der Waals surface area contributed by atoms with Gasteiger partial charge in [-0.25, -0.2) is 4.39 Å². The molecule has 0 spiro atoms. The standard InChI is InChI=1S/C25H30FN9O/c1-34-8-10-35(11-9-34)24-14-22(28-23-13-20(31-32-23)16-2-3-16)29-25(30-24)27-15-19-12-21(33-36-19)17-4-6-18(26)7-5-17/h4-6,12-14,16,18H,2-3,7-11,15H2,1H3,(H3,27,28,29,30,31,32). The number of nitrogens with zero attached hydrogens (tertiary/aromatic N) is 6. The number of hydrogen-bond donors (Lipinski definition) is 3. The fraction of sp³-hybridized carbons (Fsp3) is 0.440. The lowest BCUT2D eigenvalue weighted by atomic mass is 10.0. The summed E-state index contributed by atoms with van der Waals surface area (Å²) in [6, 6.07) is 5.88. The van der Waals surface area contributed by atoms with Gasteiger partial charge < -0.3 is 25.0 Å². The second-order valence-electron chi connectivity index (χ2n) is 9.64. The van der Waals surface area contributed by atoms with Crippen LogP contribution in [0, 0.1) is 0 Å². The minimum Gasteiger partial charge on any atom is -0.359 e. The highest BCUT2D eigenvalue weighted by Gasteiger charge is 2.25. The zero-order valence-corrected chi connectivity index (χ0v) is 20.2. The van der Waals surface area contributed by atoms with Crippen LogP contribution in [0.3, 0.4) is 0 Å². The highest BCUT2D eigenvalue weighted by atomic mass is 19.1. The Bertz CT molecular complexity index is 1270. The maximum absolute atomic E-state index is 13.4. The molecule has 2 aliphatic carbocycles. The Hall–Kier alpha value is -3.73. The Labute approximate surface area is 208 Å². The van der Waals surface area contributed by atoms with E-state index in [1.165, 1.54) is 12.8 Å². The van der Waals surface area contributed by atoms with Crippen molar-refractivity contribution in [1.82, 2.24) is 30.2 Å². The van der Waals surface area contributed by atoms with Crippen molar-refractivity contribution in [2.45, 2.75) is 37.9 Å². The van der Waals surface area contributed by atoms with Gasteiger partial charge in [0.25, 0.3) is 0 Å². The SMILES string of the molecule is CN1CCN(c2cc(Nc3cc(C4CC4)[nH]n3)nc(NCc3cc(C4=CCC(F)C=C4)no3)n2)CC1. The van der Waals surface area contributed by atoms with Crippen molar-refractivity contribution in [2.75, 3.05) is 48.8 Å². The molecule has 0 bridgehead atoms. The average molecular weight is 492 g/mol. The maximum Gasteiger partial charge on any atom is 0.227 e. The van der Waals surface area contributed by atoms with Gasteiger partial charge in [0.2, 0.25) is 5.95 Å². The molecule has 4 heterocycles. The number of rotatable bonds is 8. The normalized spacial score (nSPS) is 20.4. The monoisotopic (exact) mass is 491 g/mol. The molecule has 1 saturated heterocycles. The lowest BCUT2D eigenvalue weighted by Gasteiger charge is -2.33. The smallest absolute Gasteiger partial charge is 0.227 e. The van der Waals surface area contributed by atoms with Gasteiger partial charge in [0.05, 0.1) is 6.54 Å². The largest absolute Gasteiger partial charge is 0.359 e. The van der Waals surface area contributed by atoms with E-state index in [4.69, 9.17) is 9.51 Å². The summed E-state index contributed by atoms with van der Waals surface area (Å²) in [6.45, 7) is 4.13. The molecule has 2 fully saturated rings. The number of nitrogens with one attached hydrogen (secondary N) is 3. The molecule has 36 heavy (non-hydrogen) atoms. The third-order valence-corrected chi connectivity index (χ3v) is 6.73. The molecule has 1 saturated carbocycles. The molecule has 0 aromatic carbocycles. The van der Waals surface area contributed by atoms with E-state index in [0.29, 0.717) is 42.1 Å². The van der Waals surface area contributed by atoms with E-state index in [9.17, 15) is 4.39 Å². The lowest BCUT2D eigenvalue weighted by Crippen LogP contribution is -2.44. The summed E-state index contributed by atoms with van der Waals surface area (Å²) in [7, 11) is 2.13. The molecule has 3 N–H and O–H groups in total. The van der Waals surface area contributed by atoms with Crippen molar-refractivity contribution in [3.63, 3.8) is 0 Å². The number of halogens is 1. The molecule has 1 unspecified atom stereocenters. The third-order valence-electron chi connectivity index (χ3n) is 6.73. The van der Waals surface area contributed by atoms with Gasteiger partial charge in [0.15, 0.2) is 11.6 Å². The second kappa shape index (κ2) is 9.73. The Kier molecular flexibility index (Phi) is 6.14. The highest BCUT2D eigenvalue weighted by Crippen LogP contribution is 2.39. The van der Waals surface area contributed by atoms with Crippen molar-refractivity contribution >= 4 is 29.0 Å². The van der Waals surface area contributed by atoms with E-state index in [1.807, 2.05) is 18.2 Å². The van der Waals surface area contributed by atoms with Crippen molar-refractivity contribution in [1.29, 1.82) is 0 Å². The number of alkyl halides is 1. The summed E-state index contributed by atoms with van der Waals surface area (Å²) in [5, 5.41) is 18.3. The van der Waals surface area contributed by atoms with E-state index >= 15 is 0 Å². The maximum atomic E-state index is 13.4. The van der Waals surface area contributed by atoms with Gasteiger partial charge >= 0.3 is 0 Å². The summed E-state index contributed by atoms with van der Waals surface area (Å²) in [5.41, 5.74) is 2.72. The molecule has 188 valence electrons. The molecule has 11 heteroatoms. The summed E-state index contributed by atoms with van der Waals surface area (Å²) in [6.07, 6.45) is 6.97. The van der Waals surface area contributed by atoms with E-state index in [0.717, 1.165) is 49.1 Å². The second-order valence-corrected chi connectivity index (χ2v) is 9.64. The zero-order chi connectivity index (χ0) is 24.5. The number of likely N-dealkylation sites (N-methyl/N-ethyl adjacent to an activating group) is 1. The van der Waals surface area contributed by atoms with E-state index in [1.54, 1.807) is 12.2 Å². The number of H-pyrrole nitrogens is 1. The first-order chi connectivity index (χ1) is 17.6. The van der Waals surface area contributed by atoms with Crippen LogP contribution in [0.5, 0.6) is 0 Å². The molecule has 0 radical (unpaired) electrons. The van der Waals surface area contributed by atoms with E-state index in [2.05, 4.69) is 53.9 Å². The molecule has 1 aliphatic heterocycles. The first-order valence-corrected chi connectivity index (χ1v) is 12.5. The molecule has 10 nitrogen and oxygen atoms in total. The summed E-state index contributed by atoms with van der Waals surface area (Å²) in [5.74, 6) is 4.01. The molecule has 0 amide bonds. The van der Waals surface area contributed by atoms with Crippen LogP contribution in [0.25, 0.3) is 5.57 Å². The van der Waals surface area contributed by atoms with E-state index in [-0.39, 0.29) is 0 Å².